The van der Waals surface area contributed by atoms with Crippen LogP contribution in [-0.4, -0.2) is 25.4 Å². The second kappa shape index (κ2) is 6.70. The third-order valence-electron chi connectivity index (χ3n) is 3.20. The van der Waals surface area contributed by atoms with Gasteiger partial charge in [0.1, 0.15) is 0 Å². The molecule has 0 saturated carbocycles. The lowest BCUT2D eigenvalue weighted by Gasteiger charge is -2.17. The highest BCUT2D eigenvalue weighted by atomic mass is 16.2. The van der Waals surface area contributed by atoms with Crippen molar-refractivity contribution in [2.75, 3.05) is 18.5 Å². The molecule has 0 bridgehead atoms. The van der Waals surface area contributed by atoms with Gasteiger partial charge in [0, 0.05) is 18.3 Å². The van der Waals surface area contributed by atoms with Crippen LogP contribution in [0.15, 0.2) is 54.6 Å². The summed E-state index contributed by atoms with van der Waals surface area (Å²) in [5.41, 5.74) is 2.37. The van der Waals surface area contributed by atoms with Crippen LogP contribution in [0.25, 0.3) is 0 Å². The van der Waals surface area contributed by atoms with Crippen molar-refractivity contribution >= 4 is 17.5 Å². The molecule has 0 spiro atoms. The number of hydrogen-bond acceptors (Lipinski definition) is 2. The van der Waals surface area contributed by atoms with Gasteiger partial charge in [0.2, 0.25) is 5.91 Å². The smallest absolute Gasteiger partial charge is 0.251 e. The normalized spacial score (nSPS) is 10.0. The zero-order valence-corrected chi connectivity index (χ0v) is 12.2. The summed E-state index contributed by atoms with van der Waals surface area (Å²) in [7, 11) is 1.69. The predicted molar refractivity (Wildman–Crippen MR) is 83.4 cm³/mol. The summed E-state index contributed by atoms with van der Waals surface area (Å²) in [5.74, 6) is -0.407. The molecule has 0 aromatic heterocycles. The highest BCUT2D eigenvalue weighted by Crippen LogP contribution is 2.10. The van der Waals surface area contributed by atoms with Crippen molar-refractivity contribution < 1.29 is 9.59 Å². The second-order valence-corrected chi connectivity index (χ2v) is 4.84. The molecule has 108 valence electrons. The topological polar surface area (TPSA) is 49.4 Å². The van der Waals surface area contributed by atoms with Crippen molar-refractivity contribution in [2.24, 2.45) is 0 Å². The number of likely N-dealkylation sites (N-methyl/N-ethyl adjacent to an activating group) is 1. The van der Waals surface area contributed by atoms with E-state index in [1.807, 2.05) is 49.4 Å². The van der Waals surface area contributed by atoms with E-state index in [4.69, 9.17) is 0 Å². The lowest BCUT2D eigenvalue weighted by molar-refractivity contribution is -0.117. The van der Waals surface area contributed by atoms with Crippen LogP contribution in [0.2, 0.25) is 0 Å². The Morgan fingerprint density at radius 1 is 1.05 bits per heavy atom. The third kappa shape index (κ3) is 3.92. The van der Waals surface area contributed by atoms with Crippen LogP contribution in [0.3, 0.4) is 0 Å². The quantitative estimate of drug-likeness (QED) is 0.936. The molecule has 0 atom stereocenters. The van der Waals surface area contributed by atoms with Crippen LogP contribution < -0.4 is 10.2 Å². The molecule has 0 aliphatic rings. The van der Waals surface area contributed by atoms with E-state index in [-0.39, 0.29) is 18.4 Å². The van der Waals surface area contributed by atoms with Crippen molar-refractivity contribution in [1.82, 2.24) is 5.32 Å². The Morgan fingerprint density at radius 3 is 2.43 bits per heavy atom. The fourth-order valence-corrected chi connectivity index (χ4v) is 1.96. The molecular weight excluding hydrogens is 264 g/mol. The Bertz CT molecular complexity index is 638. The van der Waals surface area contributed by atoms with E-state index in [0.717, 1.165) is 11.3 Å². The molecule has 0 aliphatic carbocycles. The summed E-state index contributed by atoms with van der Waals surface area (Å²) < 4.78 is 0. The van der Waals surface area contributed by atoms with Gasteiger partial charge in [-0.15, -0.1) is 0 Å². The van der Waals surface area contributed by atoms with Crippen molar-refractivity contribution in [3.63, 3.8) is 0 Å². The molecule has 21 heavy (non-hydrogen) atoms. The van der Waals surface area contributed by atoms with Gasteiger partial charge in [0.25, 0.3) is 5.91 Å². The molecule has 2 rings (SSSR count). The first-order chi connectivity index (χ1) is 10.1. The summed E-state index contributed by atoms with van der Waals surface area (Å²) in [6.07, 6.45) is 0. The van der Waals surface area contributed by atoms with E-state index in [1.54, 1.807) is 19.2 Å². The molecule has 0 aliphatic heterocycles. The van der Waals surface area contributed by atoms with Gasteiger partial charge in [-0.25, -0.2) is 0 Å². The van der Waals surface area contributed by atoms with Crippen LogP contribution in [0, 0.1) is 6.92 Å². The number of carbonyl (C=O) groups excluding carboxylic acids is 2. The van der Waals surface area contributed by atoms with Crippen LogP contribution >= 0.6 is 0 Å². The molecule has 0 fully saturated rings. The molecule has 0 unspecified atom stereocenters. The number of hydrogen-bond donors (Lipinski definition) is 1. The minimum absolute atomic E-state index is 0.0296. The van der Waals surface area contributed by atoms with E-state index >= 15 is 0 Å². The number of nitrogens with one attached hydrogen (secondary N) is 1. The number of anilines is 1. The Kier molecular flexibility index (Phi) is 4.72. The monoisotopic (exact) mass is 282 g/mol. The third-order valence-corrected chi connectivity index (χ3v) is 3.20. The fourth-order valence-electron chi connectivity index (χ4n) is 1.96. The average molecular weight is 282 g/mol. The molecule has 4 heteroatoms. The van der Waals surface area contributed by atoms with Crippen LogP contribution in [0.4, 0.5) is 5.69 Å². The number of para-hydroxylation sites is 1. The van der Waals surface area contributed by atoms with Crippen LogP contribution in [0.1, 0.15) is 15.9 Å². The van der Waals surface area contributed by atoms with E-state index in [2.05, 4.69) is 5.32 Å². The summed E-state index contributed by atoms with van der Waals surface area (Å²) in [6, 6.07) is 16.6. The van der Waals surface area contributed by atoms with E-state index in [9.17, 15) is 9.59 Å². The highest BCUT2D eigenvalue weighted by molar-refractivity contribution is 6.00. The van der Waals surface area contributed by atoms with Gasteiger partial charge in [0.15, 0.2) is 0 Å². The first-order valence-electron chi connectivity index (χ1n) is 6.74. The number of rotatable bonds is 4. The lowest BCUT2D eigenvalue weighted by Crippen LogP contribution is -2.38. The maximum Gasteiger partial charge on any atom is 0.251 e. The maximum absolute atomic E-state index is 12.1. The van der Waals surface area contributed by atoms with Gasteiger partial charge in [-0.3, -0.25) is 9.59 Å². The van der Waals surface area contributed by atoms with Gasteiger partial charge in [-0.2, -0.15) is 0 Å². The summed E-state index contributed by atoms with van der Waals surface area (Å²) in [6.45, 7) is 1.89. The Labute approximate surface area is 124 Å². The number of benzene rings is 2. The van der Waals surface area contributed by atoms with Crippen LogP contribution in [0.5, 0.6) is 0 Å². The molecule has 2 aromatic rings. The minimum atomic E-state index is -0.242. The van der Waals surface area contributed by atoms with E-state index in [0.29, 0.717) is 5.56 Å². The van der Waals surface area contributed by atoms with Crippen molar-refractivity contribution in [3.05, 3.63) is 65.7 Å². The first-order valence-corrected chi connectivity index (χ1v) is 6.74. The average Bonchev–Trinajstić information content (AvgIpc) is 2.52. The standard InChI is InChI=1S/C17H18N2O2/c1-13-7-6-8-14(11-13)17(21)18-12-16(20)19(2)15-9-4-3-5-10-15/h3-11H,12H2,1-2H3,(H,18,21). The number of carbonyl (C=O) groups is 2. The lowest BCUT2D eigenvalue weighted by atomic mass is 10.1. The molecular formula is C17H18N2O2. The van der Waals surface area contributed by atoms with Crippen molar-refractivity contribution in [3.8, 4) is 0 Å². The molecule has 1 N–H and O–H groups in total. The molecule has 0 saturated heterocycles. The molecule has 2 aromatic carbocycles. The largest absolute Gasteiger partial charge is 0.343 e. The Morgan fingerprint density at radius 2 is 1.76 bits per heavy atom. The fraction of sp³-hybridized carbons (Fsp3) is 0.176. The van der Waals surface area contributed by atoms with Gasteiger partial charge in [-0.1, -0.05) is 35.9 Å². The number of amides is 2. The van der Waals surface area contributed by atoms with Crippen LogP contribution in [-0.2, 0) is 4.79 Å². The second-order valence-electron chi connectivity index (χ2n) is 4.84. The summed E-state index contributed by atoms with van der Waals surface area (Å²) >= 11 is 0. The summed E-state index contributed by atoms with van der Waals surface area (Å²) in [5, 5.41) is 2.65. The first kappa shape index (κ1) is 14.8. The number of nitrogens with zero attached hydrogens (tertiary/aromatic N) is 1. The predicted octanol–water partition coefficient (Wildman–Crippen LogP) is 2.39. The number of aryl methyl sites for hydroxylation is 1. The van der Waals surface area contributed by atoms with Gasteiger partial charge in [0.05, 0.1) is 6.54 Å². The molecule has 0 radical (unpaired) electrons. The molecule has 0 heterocycles. The van der Waals surface area contributed by atoms with Gasteiger partial charge >= 0.3 is 0 Å². The van der Waals surface area contributed by atoms with Crippen molar-refractivity contribution in [2.45, 2.75) is 6.92 Å². The van der Waals surface area contributed by atoms with E-state index in [1.165, 1.54) is 4.90 Å². The zero-order valence-electron chi connectivity index (χ0n) is 12.2. The summed E-state index contributed by atoms with van der Waals surface area (Å²) in [4.78, 5) is 25.6. The van der Waals surface area contributed by atoms with Gasteiger partial charge in [-0.05, 0) is 31.2 Å². The zero-order chi connectivity index (χ0) is 15.2. The van der Waals surface area contributed by atoms with Crippen molar-refractivity contribution in [1.29, 1.82) is 0 Å². The van der Waals surface area contributed by atoms with Gasteiger partial charge < -0.3 is 10.2 Å². The minimum Gasteiger partial charge on any atom is -0.343 e. The molecule has 2 amide bonds. The maximum atomic E-state index is 12.1. The Hall–Kier alpha value is -2.62. The Balaban J connectivity index is 1.93. The van der Waals surface area contributed by atoms with E-state index < -0.39 is 0 Å². The highest BCUT2D eigenvalue weighted by Gasteiger charge is 2.12. The SMILES string of the molecule is Cc1cccc(C(=O)NCC(=O)N(C)c2ccccc2)c1. The molecule has 4 nitrogen and oxygen atoms in total.